The van der Waals surface area contributed by atoms with Gasteiger partial charge in [-0.25, -0.2) is 23.4 Å². The molecule has 2 N–H and O–H groups in total. The minimum Gasteiger partial charge on any atom is -0.353 e. The third-order valence-electron chi connectivity index (χ3n) is 5.31. The Balaban J connectivity index is 1.41. The van der Waals surface area contributed by atoms with Gasteiger partial charge in [-0.3, -0.25) is 5.10 Å². The van der Waals surface area contributed by atoms with Gasteiger partial charge in [0.05, 0.1) is 11.7 Å². The van der Waals surface area contributed by atoms with Crippen LogP contribution in [-0.2, 0) is 9.84 Å². The molecule has 164 valence electrons. The van der Waals surface area contributed by atoms with Crippen molar-refractivity contribution in [1.29, 1.82) is 0 Å². The molecule has 11 heteroatoms. The molecule has 0 saturated carbocycles. The molecule has 5 rings (SSSR count). The Hall–Kier alpha value is -3.73. The normalized spacial score (nSPS) is 14.7. The molecule has 1 aliphatic heterocycles. The summed E-state index contributed by atoms with van der Waals surface area (Å²) in [6.45, 7) is 2.90. The Morgan fingerprint density at radius 3 is 2.47 bits per heavy atom. The molecule has 0 bridgehead atoms. The number of fused-ring (bicyclic) bond motifs is 1. The maximum absolute atomic E-state index is 12.2. The van der Waals surface area contributed by atoms with E-state index in [1.54, 1.807) is 18.5 Å². The van der Waals surface area contributed by atoms with Gasteiger partial charge in [-0.2, -0.15) is 5.10 Å². The average Bonchev–Trinajstić information content (AvgIpc) is 3.27. The zero-order valence-corrected chi connectivity index (χ0v) is 18.2. The fourth-order valence-corrected chi connectivity index (χ4v) is 4.20. The first-order valence-electron chi connectivity index (χ1n) is 10.2. The zero-order chi connectivity index (χ0) is 22.1. The topological polar surface area (TPSA) is 120 Å². The quantitative estimate of drug-likeness (QED) is 0.441. The average molecular weight is 451 g/mol. The molecule has 0 spiro atoms. The van der Waals surface area contributed by atoms with E-state index in [9.17, 15) is 8.42 Å². The van der Waals surface area contributed by atoms with Crippen LogP contribution in [0.5, 0.6) is 0 Å². The van der Waals surface area contributed by atoms with Crippen molar-refractivity contribution in [2.75, 3.05) is 47.6 Å². The van der Waals surface area contributed by atoms with Gasteiger partial charge < -0.3 is 15.1 Å². The third kappa shape index (κ3) is 4.19. The van der Waals surface area contributed by atoms with Crippen LogP contribution in [0.15, 0.2) is 60.0 Å². The van der Waals surface area contributed by atoms with E-state index in [2.05, 4.69) is 40.3 Å². The second-order valence-corrected chi connectivity index (χ2v) is 9.53. The predicted octanol–water partition coefficient (Wildman–Crippen LogP) is 2.22. The maximum atomic E-state index is 12.2. The Morgan fingerprint density at radius 2 is 1.75 bits per heavy atom. The summed E-state index contributed by atoms with van der Waals surface area (Å²) in [5, 5.41) is 10.9. The first-order valence-corrected chi connectivity index (χ1v) is 12.1. The summed E-state index contributed by atoms with van der Waals surface area (Å²) in [4.78, 5) is 17.3. The van der Waals surface area contributed by atoms with Crippen molar-refractivity contribution in [3.05, 3.63) is 54.9 Å². The maximum Gasteiger partial charge on any atom is 0.250 e. The van der Waals surface area contributed by atoms with Crippen LogP contribution < -0.4 is 15.1 Å². The fourth-order valence-electron chi connectivity index (χ4n) is 3.68. The molecule has 4 heterocycles. The molecule has 4 aromatic rings. The summed E-state index contributed by atoms with van der Waals surface area (Å²) in [6, 6.07) is 13.3. The lowest BCUT2D eigenvalue weighted by molar-refractivity contribution is 0.591. The minimum absolute atomic E-state index is 0.200. The summed E-state index contributed by atoms with van der Waals surface area (Å²) in [5.74, 6) is 1.93. The van der Waals surface area contributed by atoms with Crippen molar-refractivity contribution in [1.82, 2.24) is 25.1 Å². The number of sulfone groups is 1. The molecule has 1 saturated heterocycles. The molecule has 32 heavy (non-hydrogen) atoms. The highest BCUT2D eigenvalue weighted by atomic mass is 32.2. The van der Waals surface area contributed by atoms with Gasteiger partial charge in [0.25, 0.3) is 5.16 Å². The van der Waals surface area contributed by atoms with E-state index in [0.29, 0.717) is 24.7 Å². The van der Waals surface area contributed by atoms with Crippen LogP contribution >= 0.6 is 0 Å². The van der Waals surface area contributed by atoms with Gasteiger partial charge in [0.1, 0.15) is 17.5 Å². The second kappa shape index (κ2) is 8.08. The van der Waals surface area contributed by atoms with Crippen molar-refractivity contribution in [3.63, 3.8) is 0 Å². The molecule has 0 amide bonds. The van der Waals surface area contributed by atoms with Crippen LogP contribution in [0.2, 0.25) is 0 Å². The van der Waals surface area contributed by atoms with Crippen LogP contribution in [0.25, 0.3) is 10.9 Å². The van der Waals surface area contributed by atoms with E-state index in [0.717, 1.165) is 41.8 Å². The largest absolute Gasteiger partial charge is 0.353 e. The number of anilines is 4. The Labute approximate surface area is 185 Å². The van der Waals surface area contributed by atoms with Gasteiger partial charge in [-0.15, -0.1) is 0 Å². The lowest BCUT2D eigenvalue weighted by Gasteiger charge is -2.36. The highest BCUT2D eigenvalue weighted by Gasteiger charge is 2.22. The summed E-state index contributed by atoms with van der Waals surface area (Å²) < 4.78 is 24.5. The fraction of sp³-hybridized carbons (Fsp3) is 0.238. The van der Waals surface area contributed by atoms with Crippen LogP contribution in [-0.4, -0.2) is 66.0 Å². The van der Waals surface area contributed by atoms with Crippen molar-refractivity contribution in [3.8, 4) is 0 Å². The SMILES string of the molecule is CS(=O)(=O)c1nc(Nc2ccc3[nH]ncc3c2)cc(N2CCN(c3ccccn3)CC2)n1. The van der Waals surface area contributed by atoms with E-state index >= 15 is 0 Å². The molecule has 10 nitrogen and oxygen atoms in total. The molecule has 1 aromatic carbocycles. The van der Waals surface area contributed by atoms with Gasteiger partial charge in [-0.05, 0) is 30.3 Å². The zero-order valence-electron chi connectivity index (χ0n) is 17.4. The Bertz CT molecular complexity index is 1350. The molecule has 0 unspecified atom stereocenters. The van der Waals surface area contributed by atoms with Crippen LogP contribution in [0.3, 0.4) is 0 Å². The van der Waals surface area contributed by atoms with E-state index < -0.39 is 9.84 Å². The number of aromatic nitrogens is 5. The van der Waals surface area contributed by atoms with E-state index in [1.165, 1.54) is 0 Å². The first-order chi connectivity index (χ1) is 15.5. The summed E-state index contributed by atoms with van der Waals surface area (Å²) in [6.07, 6.45) is 4.63. The molecule has 1 aliphatic rings. The Morgan fingerprint density at radius 1 is 0.969 bits per heavy atom. The number of aromatic amines is 1. The van der Waals surface area contributed by atoms with Gasteiger partial charge in [0.15, 0.2) is 0 Å². The molecule has 0 atom stereocenters. The van der Waals surface area contributed by atoms with Crippen LogP contribution in [0.1, 0.15) is 0 Å². The Kier molecular flexibility index (Phi) is 5.10. The number of benzene rings is 1. The van der Waals surface area contributed by atoms with Crippen LogP contribution in [0, 0.1) is 0 Å². The monoisotopic (exact) mass is 450 g/mol. The van der Waals surface area contributed by atoms with Crippen molar-refractivity contribution < 1.29 is 8.42 Å². The standard InChI is InChI=1S/C21H22N8O2S/c1-32(30,31)21-25-18(24-16-5-6-17-15(12-16)14-23-27-17)13-20(26-21)29-10-8-28(9-11-29)19-4-2-3-7-22-19/h2-7,12-14H,8-11H2,1H3,(H,23,27)(H,24,25,26). The van der Waals surface area contributed by atoms with E-state index in [1.807, 2.05) is 36.4 Å². The summed E-state index contributed by atoms with van der Waals surface area (Å²) in [7, 11) is -3.58. The number of H-pyrrole nitrogens is 1. The summed E-state index contributed by atoms with van der Waals surface area (Å²) >= 11 is 0. The highest BCUT2D eigenvalue weighted by Crippen LogP contribution is 2.25. The third-order valence-corrected chi connectivity index (χ3v) is 6.16. The number of nitrogens with one attached hydrogen (secondary N) is 2. The van der Waals surface area contributed by atoms with Crippen molar-refractivity contribution in [2.45, 2.75) is 5.16 Å². The van der Waals surface area contributed by atoms with Gasteiger partial charge in [0, 0.05) is 55.8 Å². The predicted molar refractivity (Wildman–Crippen MR) is 123 cm³/mol. The lowest BCUT2D eigenvalue weighted by Crippen LogP contribution is -2.47. The second-order valence-electron chi connectivity index (χ2n) is 7.63. The summed E-state index contributed by atoms with van der Waals surface area (Å²) in [5.41, 5.74) is 1.70. The van der Waals surface area contributed by atoms with Crippen molar-refractivity contribution >= 4 is 43.9 Å². The highest BCUT2D eigenvalue weighted by molar-refractivity contribution is 7.90. The minimum atomic E-state index is -3.58. The molecular formula is C21H22N8O2S. The van der Waals surface area contributed by atoms with Crippen LogP contribution in [0.4, 0.5) is 23.1 Å². The number of pyridine rings is 1. The number of rotatable bonds is 5. The smallest absolute Gasteiger partial charge is 0.250 e. The lowest BCUT2D eigenvalue weighted by atomic mass is 10.2. The molecule has 1 fully saturated rings. The van der Waals surface area contributed by atoms with E-state index in [-0.39, 0.29) is 5.16 Å². The molecular weight excluding hydrogens is 428 g/mol. The molecule has 0 radical (unpaired) electrons. The number of nitrogens with zero attached hydrogens (tertiary/aromatic N) is 6. The number of hydrogen-bond donors (Lipinski definition) is 2. The number of hydrogen-bond acceptors (Lipinski definition) is 9. The van der Waals surface area contributed by atoms with Gasteiger partial charge in [-0.1, -0.05) is 6.07 Å². The van der Waals surface area contributed by atoms with E-state index in [4.69, 9.17) is 0 Å². The van der Waals surface area contributed by atoms with Crippen molar-refractivity contribution in [2.24, 2.45) is 0 Å². The molecule has 0 aliphatic carbocycles. The van der Waals surface area contributed by atoms with Gasteiger partial charge in [0.2, 0.25) is 9.84 Å². The van der Waals surface area contributed by atoms with Gasteiger partial charge >= 0.3 is 0 Å². The first kappa shape index (κ1) is 20.2. The number of piperazine rings is 1. The molecule has 3 aromatic heterocycles.